The number of piperidine rings is 1. The summed E-state index contributed by atoms with van der Waals surface area (Å²) in [5.41, 5.74) is 1.99. The normalized spacial score (nSPS) is 16.2. The summed E-state index contributed by atoms with van der Waals surface area (Å²) in [5.74, 6) is 0.458. The molecule has 0 spiro atoms. The van der Waals surface area contributed by atoms with E-state index in [-0.39, 0.29) is 23.2 Å². The quantitative estimate of drug-likeness (QED) is 0.237. The number of pyridine rings is 1. The number of ether oxygens (including phenoxy) is 1. The molecule has 1 saturated heterocycles. The first-order valence-electron chi connectivity index (χ1n) is 13.9. The SMILES string of the molecule is Cc1ccc2c(C(c3ccn(C)n3)S(N)(=O)=O)c(F)ccc2c1Oc1ncccc1-c1ccnc(N[C@H]2CCCNC2)n1. The van der Waals surface area contributed by atoms with Crippen molar-refractivity contribution in [1.82, 2.24) is 30.0 Å². The molecule has 4 N–H and O–H groups in total. The highest BCUT2D eigenvalue weighted by Crippen LogP contribution is 2.41. The number of nitrogens with zero attached hydrogens (tertiary/aromatic N) is 5. The summed E-state index contributed by atoms with van der Waals surface area (Å²) in [6.07, 6.45) is 6.97. The van der Waals surface area contributed by atoms with Crippen molar-refractivity contribution in [1.29, 1.82) is 0 Å². The van der Waals surface area contributed by atoms with Crippen molar-refractivity contribution in [2.75, 3.05) is 18.4 Å². The van der Waals surface area contributed by atoms with Gasteiger partial charge < -0.3 is 15.4 Å². The zero-order valence-electron chi connectivity index (χ0n) is 23.7. The van der Waals surface area contributed by atoms with Crippen molar-refractivity contribution in [3.8, 4) is 22.9 Å². The van der Waals surface area contributed by atoms with Crippen molar-refractivity contribution in [3.63, 3.8) is 0 Å². The Bertz CT molecular complexity index is 1910. The first kappa shape index (κ1) is 28.6. The fourth-order valence-corrected chi connectivity index (χ4v) is 6.47. The van der Waals surface area contributed by atoms with Crippen LogP contribution >= 0.6 is 0 Å². The summed E-state index contributed by atoms with van der Waals surface area (Å²) >= 11 is 0. The molecule has 0 bridgehead atoms. The van der Waals surface area contributed by atoms with E-state index in [1.165, 1.54) is 16.8 Å². The minimum Gasteiger partial charge on any atom is -0.437 e. The number of halogens is 1. The van der Waals surface area contributed by atoms with Gasteiger partial charge in [0.1, 0.15) is 16.8 Å². The van der Waals surface area contributed by atoms with E-state index in [1.54, 1.807) is 56.0 Å². The average molecular weight is 603 g/mol. The van der Waals surface area contributed by atoms with E-state index in [0.717, 1.165) is 31.5 Å². The lowest BCUT2D eigenvalue weighted by Gasteiger charge is -2.23. The number of benzene rings is 2. The van der Waals surface area contributed by atoms with Crippen LogP contribution in [0.2, 0.25) is 0 Å². The summed E-state index contributed by atoms with van der Waals surface area (Å²) in [5, 5.41) is 16.0. The maximum atomic E-state index is 15.5. The number of primary sulfonamides is 1. The summed E-state index contributed by atoms with van der Waals surface area (Å²) in [6, 6.07) is 13.3. The van der Waals surface area contributed by atoms with Crippen LogP contribution in [-0.4, -0.2) is 52.3 Å². The zero-order valence-corrected chi connectivity index (χ0v) is 24.5. The minimum atomic E-state index is -4.30. The van der Waals surface area contributed by atoms with E-state index < -0.39 is 21.1 Å². The fourth-order valence-electron chi connectivity index (χ4n) is 5.44. The predicted octanol–water partition coefficient (Wildman–Crippen LogP) is 4.21. The Morgan fingerprint density at radius 2 is 1.95 bits per heavy atom. The van der Waals surface area contributed by atoms with Gasteiger partial charge in [-0.3, -0.25) is 4.68 Å². The van der Waals surface area contributed by atoms with Crippen molar-refractivity contribution in [2.45, 2.75) is 31.1 Å². The molecule has 0 aliphatic carbocycles. The third-order valence-corrected chi connectivity index (χ3v) is 8.60. The van der Waals surface area contributed by atoms with Crippen LogP contribution in [0.1, 0.15) is 34.9 Å². The second-order valence-corrected chi connectivity index (χ2v) is 12.2. The summed E-state index contributed by atoms with van der Waals surface area (Å²) in [6.45, 7) is 3.69. The van der Waals surface area contributed by atoms with Crippen LogP contribution in [0, 0.1) is 12.7 Å². The lowest BCUT2D eigenvalue weighted by atomic mass is 9.97. The molecule has 11 nitrogen and oxygen atoms in total. The molecule has 1 aliphatic rings. The number of nitrogens with one attached hydrogen (secondary N) is 2. The highest BCUT2D eigenvalue weighted by molar-refractivity contribution is 7.89. The van der Waals surface area contributed by atoms with Gasteiger partial charge in [-0.05, 0) is 73.7 Å². The maximum absolute atomic E-state index is 15.5. The van der Waals surface area contributed by atoms with Crippen molar-refractivity contribution in [3.05, 3.63) is 89.8 Å². The topological polar surface area (TPSA) is 150 Å². The molecule has 5 aromatic rings. The zero-order chi connectivity index (χ0) is 30.1. The molecule has 2 aromatic carbocycles. The second kappa shape index (κ2) is 11.7. The molecule has 6 rings (SSSR count). The molecule has 0 amide bonds. The minimum absolute atomic E-state index is 0.103. The first-order chi connectivity index (χ1) is 20.7. The van der Waals surface area contributed by atoms with Crippen LogP contribution in [0.15, 0.2) is 67.1 Å². The highest BCUT2D eigenvalue weighted by atomic mass is 32.2. The van der Waals surface area contributed by atoms with Gasteiger partial charge in [-0.25, -0.2) is 32.9 Å². The summed E-state index contributed by atoms with van der Waals surface area (Å²) in [7, 11) is -2.66. The van der Waals surface area contributed by atoms with E-state index in [9.17, 15) is 8.42 Å². The average Bonchev–Trinajstić information content (AvgIpc) is 3.41. The standard InChI is InChI=1S/C30H31FN8O3S/c1-18-7-8-20-21(9-10-23(31)26(20)28(43(32,40)41)25-12-16-39(2)38-25)27(18)42-29-22(6-4-14-34-29)24-11-15-35-30(37-24)36-19-5-3-13-33-17-19/h4,6-12,14-16,19,28,33H,3,5,13,17H2,1-2H3,(H2,32,40,41)(H,35,36,37)/t19-,28?/m0/s1. The summed E-state index contributed by atoms with van der Waals surface area (Å²) < 4.78 is 49.1. The lowest BCUT2D eigenvalue weighted by molar-refractivity contribution is 0.466. The van der Waals surface area contributed by atoms with E-state index in [1.807, 2.05) is 13.0 Å². The lowest BCUT2D eigenvalue weighted by Crippen LogP contribution is -2.38. The molecule has 0 saturated carbocycles. The van der Waals surface area contributed by atoms with Crippen molar-refractivity contribution >= 4 is 26.7 Å². The number of rotatable bonds is 8. The van der Waals surface area contributed by atoms with Crippen LogP contribution in [-0.2, 0) is 17.1 Å². The van der Waals surface area contributed by atoms with Gasteiger partial charge in [0, 0.05) is 49.2 Å². The Balaban J connectivity index is 1.42. The molecule has 13 heteroatoms. The van der Waals surface area contributed by atoms with E-state index in [2.05, 4.69) is 25.7 Å². The van der Waals surface area contributed by atoms with E-state index >= 15 is 4.39 Å². The molecule has 1 unspecified atom stereocenters. The third-order valence-electron chi connectivity index (χ3n) is 7.46. The van der Waals surface area contributed by atoms with Gasteiger partial charge in [-0.15, -0.1) is 0 Å². The van der Waals surface area contributed by atoms with Crippen LogP contribution in [0.4, 0.5) is 10.3 Å². The smallest absolute Gasteiger partial charge is 0.228 e. The Kier molecular flexibility index (Phi) is 7.77. The molecule has 222 valence electrons. The van der Waals surface area contributed by atoms with Gasteiger partial charge in [0.2, 0.25) is 21.9 Å². The second-order valence-electron chi connectivity index (χ2n) is 10.6. The number of hydrogen-bond acceptors (Lipinski definition) is 9. The number of fused-ring (bicyclic) bond motifs is 1. The van der Waals surface area contributed by atoms with Gasteiger partial charge in [0.15, 0.2) is 0 Å². The van der Waals surface area contributed by atoms with E-state index in [0.29, 0.717) is 33.7 Å². The first-order valence-corrected chi connectivity index (χ1v) is 15.5. The maximum Gasteiger partial charge on any atom is 0.228 e. The monoisotopic (exact) mass is 602 g/mol. The van der Waals surface area contributed by atoms with Gasteiger partial charge >= 0.3 is 0 Å². The van der Waals surface area contributed by atoms with Crippen molar-refractivity contribution in [2.24, 2.45) is 12.2 Å². The fraction of sp³-hybridized carbons (Fsp3) is 0.267. The number of sulfonamides is 1. The highest BCUT2D eigenvalue weighted by Gasteiger charge is 2.33. The largest absolute Gasteiger partial charge is 0.437 e. The van der Waals surface area contributed by atoms with E-state index in [4.69, 9.17) is 14.9 Å². The molecular formula is C30H31FN8O3S. The molecule has 43 heavy (non-hydrogen) atoms. The molecule has 1 fully saturated rings. The number of nitrogens with two attached hydrogens (primary N) is 1. The van der Waals surface area contributed by atoms with Gasteiger partial charge in [-0.1, -0.05) is 12.1 Å². The number of aryl methyl sites for hydroxylation is 2. The van der Waals surface area contributed by atoms with Crippen LogP contribution in [0.25, 0.3) is 22.0 Å². The number of hydrogen-bond donors (Lipinski definition) is 3. The van der Waals surface area contributed by atoms with Gasteiger partial charge in [-0.2, -0.15) is 5.10 Å². The summed E-state index contributed by atoms with van der Waals surface area (Å²) in [4.78, 5) is 13.6. The molecule has 1 aliphatic heterocycles. The van der Waals surface area contributed by atoms with Crippen LogP contribution in [0.5, 0.6) is 11.6 Å². The molecule has 2 atom stereocenters. The van der Waals surface area contributed by atoms with Gasteiger partial charge in [0.25, 0.3) is 0 Å². The number of anilines is 1. The molecule has 4 heterocycles. The Morgan fingerprint density at radius 3 is 2.70 bits per heavy atom. The number of aromatic nitrogens is 5. The van der Waals surface area contributed by atoms with Crippen LogP contribution in [0.3, 0.4) is 0 Å². The van der Waals surface area contributed by atoms with Crippen LogP contribution < -0.4 is 20.5 Å². The van der Waals surface area contributed by atoms with Crippen molar-refractivity contribution < 1.29 is 17.5 Å². The predicted molar refractivity (Wildman–Crippen MR) is 162 cm³/mol. The molecule has 3 aromatic heterocycles. The van der Waals surface area contributed by atoms with Gasteiger partial charge in [0.05, 0.1) is 17.0 Å². The Morgan fingerprint density at radius 1 is 1.12 bits per heavy atom. The Labute approximate surface area is 248 Å². The molecular weight excluding hydrogens is 571 g/mol. The third kappa shape index (κ3) is 5.91. The Hall–Kier alpha value is -4.46. The molecule has 0 radical (unpaired) electrons.